The van der Waals surface area contributed by atoms with Gasteiger partial charge in [-0.1, -0.05) is 11.6 Å². The first kappa shape index (κ1) is 12.7. The lowest BCUT2D eigenvalue weighted by Crippen LogP contribution is -2.22. The minimum atomic E-state index is -0.785. The first-order valence-corrected chi connectivity index (χ1v) is 6.88. The normalized spacial score (nSPS) is 19.9. The van der Waals surface area contributed by atoms with Gasteiger partial charge in [0, 0.05) is 18.1 Å². The van der Waals surface area contributed by atoms with Gasteiger partial charge in [0.05, 0.1) is 6.04 Å². The second kappa shape index (κ2) is 6.26. The molecule has 0 aromatic carbocycles. The highest BCUT2D eigenvalue weighted by molar-refractivity contribution is 7.49. The summed E-state index contributed by atoms with van der Waals surface area (Å²) >= 11 is 5.83. The van der Waals surface area contributed by atoms with Crippen molar-refractivity contribution in [3.63, 3.8) is 0 Å². The van der Waals surface area contributed by atoms with Crippen molar-refractivity contribution in [2.24, 2.45) is 0 Å². The summed E-state index contributed by atoms with van der Waals surface area (Å²) in [6, 6.07) is -0.163. The maximum absolute atomic E-state index is 10.4. The fourth-order valence-corrected chi connectivity index (χ4v) is 2.54. The van der Waals surface area contributed by atoms with Gasteiger partial charge in [-0.3, -0.25) is 5.09 Å². The van der Waals surface area contributed by atoms with Crippen molar-refractivity contribution >= 4 is 26.2 Å². The Kier molecular flexibility index (Phi) is 5.30. The fraction of sp³-hybridized carbons (Fsp3) is 0.500. The Bertz CT molecular complexity index is 291. The maximum Gasteiger partial charge on any atom is 0.157 e. The van der Waals surface area contributed by atoms with Gasteiger partial charge in [0.25, 0.3) is 0 Å². The van der Waals surface area contributed by atoms with E-state index in [1.807, 2.05) is 18.8 Å². The van der Waals surface area contributed by atoms with Gasteiger partial charge >= 0.3 is 0 Å². The monoisotopic (exact) mass is 247 g/mol. The van der Waals surface area contributed by atoms with Crippen molar-refractivity contribution in [2.45, 2.75) is 25.8 Å². The molecule has 3 nitrogen and oxygen atoms in total. The molecule has 0 bridgehead atoms. The van der Waals surface area contributed by atoms with E-state index in [4.69, 9.17) is 16.1 Å². The largest absolute Gasteiger partial charge is 0.463 e. The van der Waals surface area contributed by atoms with Gasteiger partial charge in [0.1, 0.15) is 12.0 Å². The number of nitrogens with one attached hydrogen (secondary N) is 1. The van der Waals surface area contributed by atoms with Crippen LogP contribution in [0.5, 0.6) is 0 Å². The smallest absolute Gasteiger partial charge is 0.157 e. The van der Waals surface area contributed by atoms with Gasteiger partial charge in [-0.15, -0.1) is 0 Å². The second-order valence-corrected chi connectivity index (χ2v) is 5.31. The van der Waals surface area contributed by atoms with Gasteiger partial charge in [-0.25, -0.2) is 0 Å². The van der Waals surface area contributed by atoms with Crippen LogP contribution in [0.1, 0.15) is 19.8 Å². The van der Waals surface area contributed by atoms with Crippen molar-refractivity contribution < 1.29 is 9.32 Å². The molecule has 2 atom stereocenters. The number of hydrogen-bond donors (Lipinski definition) is 1. The molecule has 1 unspecified atom stereocenters. The summed E-state index contributed by atoms with van der Waals surface area (Å²) in [6.07, 6.45) is 6.28. The molecule has 1 rings (SSSR count). The van der Waals surface area contributed by atoms with Crippen LogP contribution in [0.2, 0.25) is 0 Å². The quantitative estimate of drug-likeness (QED) is 0.600. The maximum atomic E-state index is 10.4. The lowest BCUT2D eigenvalue weighted by Gasteiger charge is -2.20. The van der Waals surface area contributed by atoms with Crippen molar-refractivity contribution in [2.75, 3.05) is 6.66 Å². The van der Waals surface area contributed by atoms with Crippen LogP contribution in [0.25, 0.3) is 0 Å². The molecule has 0 saturated carbocycles. The third-order valence-corrected chi connectivity index (χ3v) is 3.50. The molecular weight excluding hydrogens is 233 g/mol. The molecule has 0 heterocycles. The predicted molar refractivity (Wildman–Crippen MR) is 63.8 cm³/mol. The van der Waals surface area contributed by atoms with Crippen LogP contribution in [-0.2, 0) is 9.32 Å². The lowest BCUT2D eigenvalue weighted by atomic mass is 10.2. The van der Waals surface area contributed by atoms with Gasteiger partial charge in [-0.2, -0.15) is 0 Å². The minimum Gasteiger partial charge on any atom is -0.463 e. The van der Waals surface area contributed by atoms with Crippen LogP contribution in [-0.4, -0.2) is 19.0 Å². The molecule has 84 valence electrons. The predicted octanol–water partition coefficient (Wildman–Crippen LogP) is 2.92. The lowest BCUT2D eigenvalue weighted by molar-refractivity contribution is -0.108. The van der Waals surface area contributed by atoms with Gasteiger partial charge in [0.15, 0.2) is 8.30 Å². The Labute approximate surface area is 96.4 Å². The van der Waals surface area contributed by atoms with Crippen molar-refractivity contribution in [3.05, 3.63) is 22.9 Å². The van der Waals surface area contributed by atoms with Crippen molar-refractivity contribution in [1.29, 1.82) is 0 Å². The van der Waals surface area contributed by atoms with E-state index in [1.54, 1.807) is 6.92 Å². The summed E-state index contributed by atoms with van der Waals surface area (Å²) in [5.74, 6) is 0.929. The van der Waals surface area contributed by atoms with E-state index < -0.39 is 8.30 Å². The van der Waals surface area contributed by atoms with Crippen LogP contribution in [0.4, 0.5) is 0 Å². The molecule has 0 aliphatic heterocycles. The van der Waals surface area contributed by atoms with E-state index in [9.17, 15) is 4.79 Å². The summed E-state index contributed by atoms with van der Waals surface area (Å²) in [5.41, 5.74) is 0. The van der Waals surface area contributed by atoms with E-state index in [0.29, 0.717) is 0 Å². The van der Waals surface area contributed by atoms with Crippen LogP contribution < -0.4 is 5.09 Å². The molecule has 0 spiro atoms. The zero-order chi connectivity index (χ0) is 11.3. The summed E-state index contributed by atoms with van der Waals surface area (Å²) in [6.45, 7) is 3.75. The molecule has 0 radical (unpaired) electrons. The SMILES string of the molecule is C[C@@H](C=O)NP(C)OC1=CC=C(Cl)CC1. The number of aldehydes is 1. The molecule has 5 heteroatoms. The Hall–Kier alpha value is -0.370. The zero-order valence-electron chi connectivity index (χ0n) is 8.87. The van der Waals surface area contributed by atoms with Crippen LogP contribution in [0.15, 0.2) is 22.9 Å². The Morgan fingerprint density at radius 2 is 2.33 bits per heavy atom. The third-order valence-electron chi connectivity index (χ3n) is 1.90. The topological polar surface area (TPSA) is 38.3 Å². The molecule has 0 amide bonds. The number of allylic oxidation sites excluding steroid dienone is 4. The molecule has 0 aromatic heterocycles. The molecule has 15 heavy (non-hydrogen) atoms. The van der Waals surface area contributed by atoms with Crippen molar-refractivity contribution in [3.8, 4) is 0 Å². The third kappa shape index (κ3) is 4.78. The average Bonchev–Trinajstić information content (AvgIpc) is 2.21. The molecule has 1 aliphatic carbocycles. The Morgan fingerprint density at radius 3 is 2.87 bits per heavy atom. The first-order valence-electron chi connectivity index (χ1n) is 4.80. The second-order valence-electron chi connectivity index (χ2n) is 3.39. The van der Waals surface area contributed by atoms with Crippen LogP contribution in [0.3, 0.4) is 0 Å². The summed E-state index contributed by atoms with van der Waals surface area (Å²) in [4.78, 5) is 10.4. The Morgan fingerprint density at radius 1 is 1.60 bits per heavy atom. The Balaban J connectivity index is 2.38. The first-order chi connectivity index (χ1) is 7.11. The van der Waals surface area contributed by atoms with E-state index in [0.717, 1.165) is 29.9 Å². The van der Waals surface area contributed by atoms with Gasteiger partial charge < -0.3 is 9.32 Å². The average molecular weight is 248 g/mol. The molecule has 0 saturated heterocycles. The van der Waals surface area contributed by atoms with E-state index in [2.05, 4.69) is 5.09 Å². The number of carbonyl (C=O) groups excluding carboxylic acids is 1. The van der Waals surface area contributed by atoms with Gasteiger partial charge in [0.2, 0.25) is 0 Å². The molecule has 0 aromatic rings. The highest BCUT2D eigenvalue weighted by Gasteiger charge is 2.11. The summed E-state index contributed by atoms with van der Waals surface area (Å²) in [5, 5.41) is 3.93. The van der Waals surface area contributed by atoms with E-state index in [1.165, 1.54) is 0 Å². The fourth-order valence-electron chi connectivity index (χ4n) is 1.19. The summed E-state index contributed by atoms with van der Waals surface area (Å²) in [7, 11) is -0.785. The highest BCUT2D eigenvalue weighted by atomic mass is 35.5. The molecule has 1 aliphatic rings. The van der Waals surface area contributed by atoms with Crippen LogP contribution in [0, 0.1) is 0 Å². The van der Waals surface area contributed by atoms with Crippen molar-refractivity contribution in [1.82, 2.24) is 5.09 Å². The molecule has 1 N–H and O–H groups in total. The molecule has 0 fully saturated rings. The zero-order valence-corrected chi connectivity index (χ0v) is 10.5. The number of rotatable bonds is 5. The molecular formula is C10H15ClNO2P. The minimum absolute atomic E-state index is 0.163. The van der Waals surface area contributed by atoms with Crippen LogP contribution >= 0.6 is 19.9 Å². The van der Waals surface area contributed by atoms with Gasteiger partial charge in [-0.05, 0) is 25.5 Å². The van der Waals surface area contributed by atoms with E-state index >= 15 is 0 Å². The number of hydrogen-bond acceptors (Lipinski definition) is 3. The highest BCUT2D eigenvalue weighted by Crippen LogP contribution is 2.34. The number of halogens is 1. The standard InChI is InChI=1S/C10H15ClNO2P/c1-8(7-13)12-15(2)14-10-5-3-9(11)4-6-10/h3,5,7-8,12H,4,6H2,1-2H3/t8-,15?/m0/s1. The number of carbonyl (C=O) groups is 1. The van der Waals surface area contributed by atoms with E-state index in [-0.39, 0.29) is 6.04 Å². The summed E-state index contributed by atoms with van der Waals surface area (Å²) < 4.78 is 5.66.